The highest BCUT2D eigenvalue weighted by atomic mass is 16.5. The minimum absolute atomic E-state index is 0.113. The van der Waals surface area contributed by atoms with Crippen LogP contribution >= 0.6 is 0 Å². The van der Waals surface area contributed by atoms with E-state index in [1.807, 2.05) is 26.0 Å². The number of carbonyl (C=O) groups excluding carboxylic acids is 1. The Morgan fingerprint density at radius 1 is 1.35 bits per heavy atom. The molecule has 0 aliphatic heterocycles. The van der Waals surface area contributed by atoms with E-state index in [-0.39, 0.29) is 12.0 Å². The van der Waals surface area contributed by atoms with Crippen molar-refractivity contribution in [3.05, 3.63) is 53.6 Å². The topological polar surface area (TPSA) is 67.0 Å². The number of H-pyrrole nitrogens is 1. The molecule has 0 aliphatic rings. The molecule has 1 aromatic heterocycles. The fourth-order valence-corrected chi connectivity index (χ4v) is 1.68. The molecule has 0 aliphatic carbocycles. The van der Waals surface area contributed by atoms with Crippen molar-refractivity contribution in [1.82, 2.24) is 15.3 Å². The predicted molar refractivity (Wildman–Crippen MR) is 76.1 cm³/mol. The molecule has 0 atom stereocenters. The number of nitrogens with zero attached hydrogens (tertiary/aromatic N) is 1. The van der Waals surface area contributed by atoms with Crippen LogP contribution in [0.4, 0.5) is 0 Å². The number of hydrogen-bond acceptors (Lipinski definition) is 3. The molecule has 0 saturated carbocycles. The first-order valence-electron chi connectivity index (χ1n) is 6.62. The second-order valence-corrected chi connectivity index (χ2v) is 4.78. The minimum atomic E-state index is -0.113. The molecule has 0 radical (unpaired) electrons. The standard InChI is InChI=1S/C15H19N3O2/c1-11(2)20-10-12-3-5-13(6-4-12)15(19)18-9-14-16-7-8-17-14/h3-8,11H,9-10H2,1-2H3,(H,16,17)(H,18,19). The van der Waals surface area contributed by atoms with Crippen LogP contribution in [-0.4, -0.2) is 22.0 Å². The summed E-state index contributed by atoms with van der Waals surface area (Å²) in [6, 6.07) is 7.42. The van der Waals surface area contributed by atoms with Crippen molar-refractivity contribution in [3.63, 3.8) is 0 Å². The average Bonchev–Trinajstić information content (AvgIpc) is 2.96. The highest BCUT2D eigenvalue weighted by Gasteiger charge is 2.06. The molecule has 0 bridgehead atoms. The molecular formula is C15H19N3O2. The Morgan fingerprint density at radius 3 is 2.70 bits per heavy atom. The zero-order valence-corrected chi connectivity index (χ0v) is 11.7. The van der Waals surface area contributed by atoms with E-state index in [9.17, 15) is 4.79 Å². The predicted octanol–water partition coefficient (Wildman–Crippen LogP) is 2.26. The summed E-state index contributed by atoms with van der Waals surface area (Å²) < 4.78 is 5.51. The molecule has 1 heterocycles. The number of benzene rings is 1. The van der Waals surface area contributed by atoms with Crippen molar-refractivity contribution in [3.8, 4) is 0 Å². The molecule has 1 aromatic carbocycles. The van der Waals surface area contributed by atoms with E-state index < -0.39 is 0 Å². The zero-order valence-electron chi connectivity index (χ0n) is 11.7. The third kappa shape index (κ3) is 4.20. The Morgan fingerprint density at radius 2 is 2.10 bits per heavy atom. The molecule has 1 amide bonds. The SMILES string of the molecule is CC(C)OCc1ccc(C(=O)NCc2ncc[nH]2)cc1. The van der Waals surface area contributed by atoms with Crippen LogP contribution in [0.25, 0.3) is 0 Å². The summed E-state index contributed by atoms with van der Waals surface area (Å²) >= 11 is 0. The van der Waals surface area contributed by atoms with Gasteiger partial charge < -0.3 is 15.0 Å². The van der Waals surface area contributed by atoms with Crippen LogP contribution in [0, 0.1) is 0 Å². The number of aromatic nitrogens is 2. The third-order valence-corrected chi connectivity index (χ3v) is 2.77. The van der Waals surface area contributed by atoms with Gasteiger partial charge in [0, 0.05) is 18.0 Å². The molecule has 106 valence electrons. The number of ether oxygens (including phenoxy) is 1. The fraction of sp³-hybridized carbons (Fsp3) is 0.333. The minimum Gasteiger partial charge on any atom is -0.374 e. The first kappa shape index (κ1) is 14.3. The van der Waals surface area contributed by atoms with Crippen molar-refractivity contribution in [2.75, 3.05) is 0 Å². The Labute approximate surface area is 118 Å². The van der Waals surface area contributed by atoms with Crippen LogP contribution in [0.2, 0.25) is 0 Å². The maximum absolute atomic E-state index is 11.9. The van der Waals surface area contributed by atoms with Gasteiger partial charge in [-0.3, -0.25) is 4.79 Å². The van der Waals surface area contributed by atoms with E-state index >= 15 is 0 Å². The van der Waals surface area contributed by atoms with Gasteiger partial charge in [-0.2, -0.15) is 0 Å². The lowest BCUT2D eigenvalue weighted by molar-refractivity contribution is 0.0657. The van der Waals surface area contributed by atoms with E-state index in [4.69, 9.17) is 4.74 Å². The molecule has 0 spiro atoms. The molecule has 0 unspecified atom stereocenters. The summed E-state index contributed by atoms with van der Waals surface area (Å²) in [4.78, 5) is 18.9. The monoisotopic (exact) mass is 273 g/mol. The highest BCUT2D eigenvalue weighted by molar-refractivity contribution is 5.94. The Hall–Kier alpha value is -2.14. The van der Waals surface area contributed by atoms with E-state index in [1.165, 1.54) is 0 Å². The van der Waals surface area contributed by atoms with Crippen LogP contribution in [-0.2, 0) is 17.9 Å². The second kappa shape index (κ2) is 6.86. The van der Waals surface area contributed by atoms with Gasteiger partial charge in [0.25, 0.3) is 5.91 Å². The van der Waals surface area contributed by atoms with Crippen molar-refractivity contribution in [1.29, 1.82) is 0 Å². The summed E-state index contributed by atoms with van der Waals surface area (Å²) in [5.41, 5.74) is 1.69. The van der Waals surface area contributed by atoms with Crippen molar-refractivity contribution in [2.24, 2.45) is 0 Å². The number of rotatable bonds is 6. The van der Waals surface area contributed by atoms with E-state index in [2.05, 4.69) is 15.3 Å². The van der Waals surface area contributed by atoms with Gasteiger partial charge in [-0.05, 0) is 31.5 Å². The summed E-state index contributed by atoms with van der Waals surface area (Å²) in [5.74, 6) is 0.623. The van der Waals surface area contributed by atoms with Gasteiger partial charge in [-0.15, -0.1) is 0 Å². The Balaban J connectivity index is 1.87. The van der Waals surface area contributed by atoms with Crippen LogP contribution in [0.15, 0.2) is 36.7 Å². The van der Waals surface area contributed by atoms with Crippen molar-refractivity contribution in [2.45, 2.75) is 33.1 Å². The zero-order chi connectivity index (χ0) is 14.4. The van der Waals surface area contributed by atoms with Gasteiger partial charge in [0.05, 0.1) is 19.3 Å². The van der Waals surface area contributed by atoms with Gasteiger partial charge in [-0.25, -0.2) is 4.98 Å². The van der Waals surface area contributed by atoms with Gasteiger partial charge in [0.2, 0.25) is 0 Å². The maximum Gasteiger partial charge on any atom is 0.251 e. The summed E-state index contributed by atoms with van der Waals surface area (Å²) in [6.45, 7) is 4.95. The van der Waals surface area contributed by atoms with E-state index in [1.54, 1.807) is 24.5 Å². The molecule has 2 N–H and O–H groups in total. The number of imidazole rings is 1. The number of aromatic amines is 1. The summed E-state index contributed by atoms with van der Waals surface area (Å²) in [7, 11) is 0. The third-order valence-electron chi connectivity index (χ3n) is 2.77. The maximum atomic E-state index is 11.9. The normalized spacial score (nSPS) is 10.8. The first-order chi connectivity index (χ1) is 9.65. The molecule has 0 saturated heterocycles. The molecule has 5 heteroatoms. The van der Waals surface area contributed by atoms with Crippen molar-refractivity contribution < 1.29 is 9.53 Å². The van der Waals surface area contributed by atoms with Gasteiger partial charge >= 0.3 is 0 Å². The van der Waals surface area contributed by atoms with Crippen LogP contribution in [0.5, 0.6) is 0 Å². The highest BCUT2D eigenvalue weighted by Crippen LogP contribution is 2.07. The molecule has 20 heavy (non-hydrogen) atoms. The molecule has 2 aromatic rings. The van der Waals surface area contributed by atoms with E-state index in [0.29, 0.717) is 18.7 Å². The molecular weight excluding hydrogens is 254 g/mol. The quantitative estimate of drug-likeness (QED) is 0.848. The number of amides is 1. The first-order valence-corrected chi connectivity index (χ1v) is 6.62. The lowest BCUT2D eigenvalue weighted by Gasteiger charge is -2.08. The Bertz CT molecular complexity index is 533. The van der Waals surface area contributed by atoms with Gasteiger partial charge in [-0.1, -0.05) is 12.1 Å². The molecule has 0 fully saturated rings. The van der Waals surface area contributed by atoms with Crippen molar-refractivity contribution >= 4 is 5.91 Å². The number of hydrogen-bond donors (Lipinski definition) is 2. The van der Waals surface area contributed by atoms with E-state index in [0.717, 1.165) is 11.4 Å². The summed E-state index contributed by atoms with van der Waals surface area (Å²) in [6.07, 6.45) is 3.59. The largest absolute Gasteiger partial charge is 0.374 e. The number of nitrogens with one attached hydrogen (secondary N) is 2. The van der Waals surface area contributed by atoms with Crippen LogP contribution in [0.1, 0.15) is 35.6 Å². The molecule has 2 rings (SSSR count). The lowest BCUT2D eigenvalue weighted by Crippen LogP contribution is -2.23. The smallest absolute Gasteiger partial charge is 0.251 e. The van der Waals surface area contributed by atoms with Crippen LogP contribution < -0.4 is 5.32 Å². The second-order valence-electron chi connectivity index (χ2n) is 4.78. The number of carbonyl (C=O) groups is 1. The van der Waals surface area contributed by atoms with Gasteiger partial charge in [0.1, 0.15) is 5.82 Å². The fourth-order valence-electron chi connectivity index (χ4n) is 1.68. The molecule has 5 nitrogen and oxygen atoms in total. The lowest BCUT2D eigenvalue weighted by atomic mass is 10.1. The Kier molecular flexibility index (Phi) is 4.90. The average molecular weight is 273 g/mol. The summed E-state index contributed by atoms with van der Waals surface area (Å²) in [5, 5.41) is 2.81. The van der Waals surface area contributed by atoms with Crippen LogP contribution in [0.3, 0.4) is 0 Å². The van der Waals surface area contributed by atoms with Gasteiger partial charge in [0.15, 0.2) is 0 Å².